The summed E-state index contributed by atoms with van der Waals surface area (Å²) in [6.07, 6.45) is 1.24. The van der Waals surface area contributed by atoms with Crippen molar-refractivity contribution < 1.29 is 22.4 Å². The van der Waals surface area contributed by atoms with Gasteiger partial charge in [-0.1, -0.05) is 13.8 Å². The van der Waals surface area contributed by atoms with Gasteiger partial charge in [-0.15, -0.1) is 0 Å². The summed E-state index contributed by atoms with van der Waals surface area (Å²) in [6, 6.07) is -0.367. The molecule has 2 heterocycles. The van der Waals surface area contributed by atoms with Crippen LogP contribution in [0.3, 0.4) is 0 Å². The monoisotopic (exact) mass is 345 g/mol. The first kappa shape index (κ1) is 17.9. The molecular formula is C14H23N3O5S. The molecule has 0 bridgehead atoms. The number of carbonyl (C=O) groups excluding carboxylic acids is 1. The lowest BCUT2D eigenvalue weighted by Crippen LogP contribution is -2.43. The molecule has 1 fully saturated rings. The van der Waals surface area contributed by atoms with E-state index in [2.05, 4.69) is 10.3 Å². The molecule has 130 valence electrons. The Bertz CT molecular complexity index is 653. The number of rotatable bonds is 6. The molecule has 0 unspecified atom stereocenters. The van der Waals surface area contributed by atoms with Gasteiger partial charge in [-0.2, -0.15) is 0 Å². The van der Waals surface area contributed by atoms with Gasteiger partial charge in [0.15, 0.2) is 12.1 Å². The predicted molar refractivity (Wildman–Crippen MR) is 83.6 cm³/mol. The van der Waals surface area contributed by atoms with E-state index in [1.807, 2.05) is 13.8 Å². The number of nitrogens with zero attached hydrogens (tertiary/aromatic N) is 2. The number of hydrogen-bond donors (Lipinski definition) is 1. The molecule has 2 rings (SSSR count). The maximum absolute atomic E-state index is 12.4. The van der Waals surface area contributed by atoms with E-state index < -0.39 is 10.0 Å². The van der Waals surface area contributed by atoms with Gasteiger partial charge in [0.1, 0.15) is 5.76 Å². The zero-order valence-corrected chi connectivity index (χ0v) is 14.6. The Labute approximate surface area is 136 Å². The normalized spacial score (nSPS) is 22.0. The number of sulfonamides is 1. The van der Waals surface area contributed by atoms with Crippen LogP contribution in [0.4, 0.5) is 0 Å². The maximum atomic E-state index is 12.4. The Morgan fingerprint density at radius 2 is 2.13 bits per heavy atom. The fourth-order valence-corrected chi connectivity index (χ4v) is 3.58. The van der Waals surface area contributed by atoms with Crippen molar-refractivity contribution in [3.63, 3.8) is 0 Å². The standard InChI is InChI=1S/C14H23N3O5S/c1-9(2)13-12(15-8-22-13)14(18)16-11-6-21-5-10(11)7-23(19,20)17(3)4/h8-11H,5-7H2,1-4H3,(H,16,18)/t10-,11+/m0/s1. The average molecular weight is 345 g/mol. The number of ether oxygens (including phenoxy) is 1. The van der Waals surface area contributed by atoms with E-state index in [-0.39, 0.29) is 41.8 Å². The second-order valence-corrected chi connectivity index (χ2v) is 8.39. The first-order chi connectivity index (χ1) is 10.7. The highest BCUT2D eigenvalue weighted by Crippen LogP contribution is 2.21. The second-order valence-electron chi connectivity index (χ2n) is 6.16. The Kier molecular flexibility index (Phi) is 5.43. The lowest BCUT2D eigenvalue weighted by atomic mass is 10.1. The summed E-state index contributed by atoms with van der Waals surface area (Å²) in [5.41, 5.74) is 0.237. The maximum Gasteiger partial charge on any atom is 0.273 e. The average Bonchev–Trinajstić information content (AvgIpc) is 3.07. The first-order valence-electron chi connectivity index (χ1n) is 7.44. The van der Waals surface area contributed by atoms with Gasteiger partial charge >= 0.3 is 0 Å². The van der Waals surface area contributed by atoms with Crippen LogP contribution >= 0.6 is 0 Å². The van der Waals surface area contributed by atoms with Crippen LogP contribution in [0, 0.1) is 5.92 Å². The van der Waals surface area contributed by atoms with E-state index in [0.717, 1.165) is 0 Å². The quantitative estimate of drug-likeness (QED) is 0.802. The van der Waals surface area contributed by atoms with Gasteiger partial charge < -0.3 is 14.5 Å². The number of nitrogens with one attached hydrogen (secondary N) is 1. The van der Waals surface area contributed by atoms with E-state index in [0.29, 0.717) is 12.4 Å². The summed E-state index contributed by atoms with van der Waals surface area (Å²) in [5.74, 6) is -0.186. The van der Waals surface area contributed by atoms with Crippen LogP contribution in [-0.4, -0.2) is 62.7 Å². The summed E-state index contributed by atoms with van der Waals surface area (Å²) >= 11 is 0. The molecule has 0 radical (unpaired) electrons. The zero-order chi connectivity index (χ0) is 17.2. The van der Waals surface area contributed by atoms with Gasteiger partial charge in [0.2, 0.25) is 10.0 Å². The molecule has 8 nitrogen and oxygen atoms in total. The molecular weight excluding hydrogens is 322 g/mol. The summed E-state index contributed by atoms with van der Waals surface area (Å²) in [5, 5.41) is 2.82. The molecule has 0 saturated carbocycles. The van der Waals surface area contributed by atoms with Gasteiger partial charge in [-0.3, -0.25) is 4.79 Å². The molecule has 1 aliphatic rings. The molecule has 1 saturated heterocycles. The van der Waals surface area contributed by atoms with Crippen molar-refractivity contribution in [2.24, 2.45) is 5.92 Å². The Morgan fingerprint density at radius 1 is 1.43 bits per heavy atom. The van der Waals surface area contributed by atoms with E-state index in [9.17, 15) is 13.2 Å². The van der Waals surface area contributed by atoms with E-state index in [1.54, 1.807) is 0 Å². The number of carbonyl (C=O) groups is 1. The summed E-state index contributed by atoms with van der Waals surface area (Å²) in [4.78, 5) is 16.3. The molecule has 0 aromatic carbocycles. The molecule has 1 amide bonds. The van der Waals surface area contributed by atoms with Crippen LogP contribution in [0.2, 0.25) is 0 Å². The minimum absolute atomic E-state index is 0.0305. The van der Waals surface area contributed by atoms with Gasteiger partial charge in [0.05, 0.1) is 25.0 Å². The van der Waals surface area contributed by atoms with Crippen molar-refractivity contribution in [1.82, 2.24) is 14.6 Å². The third-order valence-electron chi connectivity index (χ3n) is 3.83. The van der Waals surface area contributed by atoms with Crippen LogP contribution in [0.25, 0.3) is 0 Å². The smallest absolute Gasteiger partial charge is 0.273 e. The van der Waals surface area contributed by atoms with Crippen LogP contribution < -0.4 is 5.32 Å². The molecule has 9 heteroatoms. The molecule has 23 heavy (non-hydrogen) atoms. The highest BCUT2D eigenvalue weighted by atomic mass is 32.2. The van der Waals surface area contributed by atoms with E-state index >= 15 is 0 Å². The summed E-state index contributed by atoms with van der Waals surface area (Å²) in [7, 11) is -0.380. The van der Waals surface area contributed by atoms with Crippen LogP contribution in [-0.2, 0) is 14.8 Å². The molecule has 0 aliphatic carbocycles. The van der Waals surface area contributed by atoms with Gasteiger partial charge in [0.25, 0.3) is 5.91 Å². The van der Waals surface area contributed by atoms with Gasteiger partial charge in [0, 0.05) is 25.9 Å². The molecule has 1 aromatic heterocycles. The van der Waals surface area contributed by atoms with Crippen molar-refractivity contribution in [2.45, 2.75) is 25.8 Å². The van der Waals surface area contributed by atoms with Crippen LogP contribution in [0.15, 0.2) is 10.8 Å². The third kappa shape index (κ3) is 4.10. The number of hydrogen-bond acceptors (Lipinski definition) is 6. The van der Waals surface area contributed by atoms with Crippen molar-refractivity contribution in [3.05, 3.63) is 17.8 Å². The highest BCUT2D eigenvalue weighted by Gasteiger charge is 2.35. The lowest BCUT2D eigenvalue weighted by molar-refractivity contribution is 0.0919. The molecule has 0 spiro atoms. The summed E-state index contributed by atoms with van der Waals surface area (Å²) in [6.45, 7) is 4.40. The van der Waals surface area contributed by atoms with Crippen molar-refractivity contribution in [3.8, 4) is 0 Å². The van der Waals surface area contributed by atoms with Crippen LogP contribution in [0.5, 0.6) is 0 Å². The van der Waals surface area contributed by atoms with Crippen molar-refractivity contribution in [2.75, 3.05) is 33.1 Å². The Morgan fingerprint density at radius 3 is 2.74 bits per heavy atom. The summed E-state index contributed by atoms with van der Waals surface area (Å²) < 4.78 is 35.8. The lowest BCUT2D eigenvalue weighted by Gasteiger charge is -2.20. The molecule has 1 aliphatic heterocycles. The minimum Gasteiger partial charge on any atom is -0.447 e. The number of amides is 1. The Hall–Kier alpha value is -1.45. The molecule has 1 aromatic rings. The highest BCUT2D eigenvalue weighted by molar-refractivity contribution is 7.89. The third-order valence-corrected chi connectivity index (χ3v) is 5.79. The SMILES string of the molecule is CC(C)c1ocnc1C(=O)N[C@@H]1COC[C@H]1CS(=O)(=O)N(C)C. The first-order valence-corrected chi connectivity index (χ1v) is 9.05. The fraction of sp³-hybridized carbons (Fsp3) is 0.714. The number of aromatic nitrogens is 1. The van der Waals surface area contributed by atoms with E-state index in [4.69, 9.17) is 9.15 Å². The Balaban J connectivity index is 2.07. The van der Waals surface area contributed by atoms with Crippen LogP contribution in [0.1, 0.15) is 36.0 Å². The van der Waals surface area contributed by atoms with Gasteiger partial charge in [-0.05, 0) is 0 Å². The molecule has 1 N–H and O–H groups in total. The predicted octanol–water partition coefficient (Wildman–Crippen LogP) is 0.434. The topological polar surface area (TPSA) is 102 Å². The largest absolute Gasteiger partial charge is 0.447 e. The zero-order valence-electron chi connectivity index (χ0n) is 13.8. The van der Waals surface area contributed by atoms with Gasteiger partial charge in [-0.25, -0.2) is 17.7 Å². The fourth-order valence-electron chi connectivity index (χ4n) is 2.41. The van der Waals surface area contributed by atoms with Crippen molar-refractivity contribution in [1.29, 1.82) is 0 Å². The molecule has 2 atom stereocenters. The second kappa shape index (κ2) is 6.98. The van der Waals surface area contributed by atoms with Crippen molar-refractivity contribution >= 4 is 15.9 Å². The van der Waals surface area contributed by atoms with E-state index in [1.165, 1.54) is 24.8 Å². The number of oxazole rings is 1. The minimum atomic E-state index is -3.36.